The van der Waals surface area contributed by atoms with Gasteiger partial charge in [-0.2, -0.15) is 0 Å². The zero-order valence-electron chi connectivity index (χ0n) is 11.2. The lowest BCUT2D eigenvalue weighted by molar-refractivity contribution is 0.0921. The summed E-state index contributed by atoms with van der Waals surface area (Å²) in [5.41, 5.74) is 0.450. The summed E-state index contributed by atoms with van der Waals surface area (Å²) >= 11 is 9.18. The van der Waals surface area contributed by atoms with Crippen LogP contribution >= 0.6 is 27.5 Å². The Balaban J connectivity index is 1.98. The largest absolute Gasteiger partial charge is 0.351 e. The lowest BCUT2D eigenvalue weighted by Gasteiger charge is -2.35. The summed E-state index contributed by atoms with van der Waals surface area (Å²) in [4.78, 5) is 12.1. The molecular formula is C15H18BrClFNO. The van der Waals surface area contributed by atoms with E-state index in [1.165, 1.54) is 31.4 Å². The monoisotopic (exact) mass is 361 g/mol. The fraction of sp³-hybridized carbons (Fsp3) is 0.533. The summed E-state index contributed by atoms with van der Waals surface area (Å²) in [6.45, 7) is 0.626. The summed E-state index contributed by atoms with van der Waals surface area (Å²) in [6.07, 6.45) is 5.92. The highest BCUT2D eigenvalue weighted by atomic mass is 79.9. The molecule has 2 nitrogen and oxygen atoms in total. The van der Waals surface area contributed by atoms with Gasteiger partial charge in [-0.3, -0.25) is 4.79 Å². The third-order valence-electron chi connectivity index (χ3n) is 4.00. The van der Waals surface area contributed by atoms with Crippen LogP contribution in [0.1, 0.15) is 42.5 Å². The van der Waals surface area contributed by atoms with Crippen molar-refractivity contribution in [2.24, 2.45) is 5.41 Å². The maximum atomic E-state index is 13.4. The maximum absolute atomic E-state index is 13.4. The van der Waals surface area contributed by atoms with Gasteiger partial charge in [-0.25, -0.2) is 4.39 Å². The smallest absolute Gasteiger partial charge is 0.251 e. The van der Waals surface area contributed by atoms with E-state index >= 15 is 0 Å². The SMILES string of the molecule is O=C(NCC1(CBr)CCCCC1)c1ccc(Cl)c(F)c1. The van der Waals surface area contributed by atoms with E-state index in [-0.39, 0.29) is 16.3 Å². The van der Waals surface area contributed by atoms with Crippen molar-refractivity contribution >= 4 is 33.4 Å². The van der Waals surface area contributed by atoms with Crippen molar-refractivity contribution in [1.82, 2.24) is 5.32 Å². The molecule has 20 heavy (non-hydrogen) atoms. The van der Waals surface area contributed by atoms with Crippen molar-refractivity contribution in [2.75, 3.05) is 11.9 Å². The van der Waals surface area contributed by atoms with Crippen LogP contribution in [0, 0.1) is 11.2 Å². The third-order valence-corrected chi connectivity index (χ3v) is 5.50. The van der Waals surface area contributed by atoms with E-state index in [1.807, 2.05) is 0 Å². The fourth-order valence-corrected chi connectivity index (χ4v) is 3.54. The molecule has 110 valence electrons. The van der Waals surface area contributed by atoms with Crippen LogP contribution in [0.15, 0.2) is 18.2 Å². The van der Waals surface area contributed by atoms with Gasteiger partial charge < -0.3 is 5.32 Å². The van der Waals surface area contributed by atoms with Crippen LogP contribution in [0.2, 0.25) is 5.02 Å². The zero-order chi connectivity index (χ0) is 14.6. The number of carbonyl (C=O) groups excluding carboxylic acids is 1. The first-order valence-electron chi connectivity index (χ1n) is 6.86. The Morgan fingerprint density at radius 1 is 1.35 bits per heavy atom. The fourth-order valence-electron chi connectivity index (χ4n) is 2.67. The number of benzene rings is 1. The van der Waals surface area contributed by atoms with Crippen LogP contribution in [0.25, 0.3) is 0 Å². The standard InChI is InChI=1S/C15H18BrClFNO/c16-9-15(6-2-1-3-7-15)10-19-14(20)11-4-5-12(17)13(18)8-11/h4-5,8H,1-3,6-7,9-10H2,(H,19,20). The number of halogens is 3. The van der Waals surface area contributed by atoms with Crippen LogP contribution in [0.5, 0.6) is 0 Å². The summed E-state index contributed by atoms with van der Waals surface area (Å²) in [6, 6.07) is 4.13. The second kappa shape index (κ2) is 6.90. The van der Waals surface area contributed by atoms with Gasteiger partial charge in [-0.05, 0) is 36.5 Å². The van der Waals surface area contributed by atoms with E-state index in [9.17, 15) is 9.18 Å². The van der Waals surface area contributed by atoms with Crippen LogP contribution in [0.3, 0.4) is 0 Å². The van der Waals surface area contributed by atoms with Crippen molar-refractivity contribution in [3.63, 3.8) is 0 Å². The summed E-state index contributed by atoms with van der Waals surface area (Å²) < 4.78 is 13.4. The average molecular weight is 363 g/mol. The molecule has 0 unspecified atom stereocenters. The van der Waals surface area contributed by atoms with E-state index in [0.717, 1.165) is 18.2 Å². The molecule has 1 aliphatic rings. The van der Waals surface area contributed by atoms with Crippen molar-refractivity contribution < 1.29 is 9.18 Å². The Morgan fingerprint density at radius 2 is 2.05 bits per heavy atom. The first-order chi connectivity index (χ1) is 9.56. The molecule has 0 bridgehead atoms. The Kier molecular flexibility index (Phi) is 5.44. The number of hydrogen-bond donors (Lipinski definition) is 1. The molecule has 0 spiro atoms. The minimum absolute atomic E-state index is 0.0331. The van der Waals surface area contributed by atoms with Gasteiger partial charge in [0.25, 0.3) is 5.91 Å². The number of rotatable bonds is 4. The van der Waals surface area contributed by atoms with Crippen LogP contribution < -0.4 is 5.32 Å². The van der Waals surface area contributed by atoms with Crippen LogP contribution in [-0.2, 0) is 0 Å². The zero-order valence-corrected chi connectivity index (χ0v) is 13.6. The van der Waals surface area contributed by atoms with Crippen LogP contribution in [0.4, 0.5) is 4.39 Å². The maximum Gasteiger partial charge on any atom is 0.251 e. The predicted octanol–water partition coefficient (Wildman–Crippen LogP) is 4.55. The molecular weight excluding hydrogens is 345 g/mol. The molecule has 1 N–H and O–H groups in total. The topological polar surface area (TPSA) is 29.1 Å². The summed E-state index contributed by atoms with van der Waals surface area (Å²) in [5.74, 6) is -0.807. The minimum atomic E-state index is -0.563. The van der Waals surface area contributed by atoms with Gasteiger partial charge >= 0.3 is 0 Å². The normalized spacial score (nSPS) is 17.8. The van der Waals surface area contributed by atoms with Gasteiger partial charge in [0.2, 0.25) is 0 Å². The number of carbonyl (C=O) groups is 1. The lowest BCUT2D eigenvalue weighted by Crippen LogP contribution is -2.40. The van der Waals surface area contributed by atoms with E-state index in [0.29, 0.717) is 12.1 Å². The molecule has 1 aliphatic carbocycles. The van der Waals surface area contributed by atoms with Crippen molar-refractivity contribution in [1.29, 1.82) is 0 Å². The first kappa shape index (κ1) is 15.8. The van der Waals surface area contributed by atoms with E-state index in [1.54, 1.807) is 6.07 Å². The molecule has 2 rings (SSSR count). The number of hydrogen-bond acceptors (Lipinski definition) is 1. The highest BCUT2D eigenvalue weighted by Gasteiger charge is 2.31. The number of alkyl halides is 1. The number of amides is 1. The molecule has 1 aromatic rings. The summed E-state index contributed by atoms with van der Waals surface area (Å²) in [5, 5.41) is 3.85. The quantitative estimate of drug-likeness (QED) is 0.782. The average Bonchev–Trinajstić information content (AvgIpc) is 2.48. The minimum Gasteiger partial charge on any atom is -0.351 e. The Labute approximate surface area is 132 Å². The van der Waals surface area contributed by atoms with Gasteiger partial charge in [-0.1, -0.05) is 46.8 Å². The highest BCUT2D eigenvalue weighted by molar-refractivity contribution is 9.09. The lowest BCUT2D eigenvalue weighted by atomic mass is 9.75. The van der Waals surface area contributed by atoms with Gasteiger partial charge in [-0.15, -0.1) is 0 Å². The summed E-state index contributed by atoms with van der Waals surface area (Å²) in [7, 11) is 0. The highest BCUT2D eigenvalue weighted by Crippen LogP contribution is 2.37. The molecule has 0 atom stereocenters. The Hall–Kier alpha value is -0.610. The molecule has 0 heterocycles. The second-order valence-corrected chi connectivity index (χ2v) is 6.47. The predicted molar refractivity (Wildman–Crippen MR) is 83.1 cm³/mol. The molecule has 0 aliphatic heterocycles. The molecule has 1 amide bonds. The third kappa shape index (κ3) is 3.73. The molecule has 0 saturated heterocycles. The second-order valence-electron chi connectivity index (χ2n) is 5.51. The van der Waals surface area contributed by atoms with Crippen molar-refractivity contribution in [2.45, 2.75) is 32.1 Å². The van der Waals surface area contributed by atoms with Gasteiger partial charge in [0.05, 0.1) is 5.02 Å². The molecule has 1 fully saturated rings. The Bertz CT molecular complexity index is 489. The number of nitrogens with one attached hydrogen (secondary N) is 1. The molecule has 0 radical (unpaired) electrons. The van der Waals surface area contributed by atoms with Crippen molar-refractivity contribution in [3.8, 4) is 0 Å². The molecule has 1 aromatic carbocycles. The molecule has 5 heteroatoms. The van der Waals surface area contributed by atoms with Crippen molar-refractivity contribution in [3.05, 3.63) is 34.6 Å². The van der Waals surface area contributed by atoms with Gasteiger partial charge in [0.15, 0.2) is 0 Å². The van der Waals surface area contributed by atoms with E-state index in [2.05, 4.69) is 21.2 Å². The molecule has 1 saturated carbocycles. The van der Waals surface area contributed by atoms with E-state index in [4.69, 9.17) is 11.6 Å². The van der Waals surface area contributed by atoms with Crippen LogP contribution in [-0.4, -0.2) is 17.8 Å². The Morgan fingerprint density at radius 3 is 2.65 bits per heavy atom. The van der Waals surface area contributed by atoms with E-state index < -0.39 is 5.82 Å². The van der Waals surface area contributed by atoms with Gasteiger partial charge in [0.1, 0.15) is 5.82 Å². The van der Waals surface area contributed by atoms with Gasteiger partial charge in [0, 0.05) is 17.4 Å². The first-order valence-corrected chi connectivity index (χ1v) is 8.35. The molecule has 0 aromatic heterocycles.